The maximum atomic E-state index is 4.58. The Balaban J connectivity index is 1.59. The molecule has 5 nitrogen and oxygen atoms in total. The summed E-state index contributed by atoms with van der Waals surface area (Å²) >= 11 is 0. The van der Waals surface area contributed by atoms with E-state index in [1.807, 2.05) is 30.9 Å². The quantitative estimate of drug-likeness (QED) is 0.717. The number of rotatable bonds is 4. The molecule has 1 aliphatic rings. The molecule has 4 rings (SSSR count). The zero-order valence-electron chi connectivity index (χ0n) is 15.7. The molecule has 3 aromatic rings. The van der Waals surface area contributed by atoms with E-state index < -0.39 is 0 Å². The van der Waals surface area contributed by atoms with Gasteiger partial charge in [0.05, 0.1) is 17.6 Å². The monoisotopic (exact) mass is 347 g/mol. The first-order valence-electron chi connectivity index (χ1n) is 9.29. The van der Waals surface area contributed by atoms with Gasteiger partial charge < -0.3 is 0 Å². The van der Waals surface area contributed by atoms with Gasteiger partial charge in [0.15, 0.2) is 5.82 Å². The predicted octanol–water partition coefficient (Wildman–Crippen LogP) is 3.93. The number of likely N-dealkylation sites (tertiary alicyclic amines) is 1. The van der Waals surface area contributed by atoms with Crippen molar-refractivity contribution in [1.82, 2.24) is 24.6 Å². The van der Waals surface area contributed by atoms with Crippen LogP contribution in [-0.4, -0.2) is 37.2 Å². The molecule has 0 N–H and O–H groups in total. The van der Waals surface area contributed by atoms with Gasteiger partial charge in [0.1, 0.15) is 0 Å². The molecule has 0 radical (unpaired) electrons. The summed E-state index contributed by atoms with van der Waals surface area (Å²) in [6.45, 7) is 8.45. The number of aromatic nitrogens is 4. The van der Waals surface area contributed by atoms with Crippen molar-refractivity contribution < 1.29 is 0 Å². The SMILES string of the molecule is Cc1cnc(C)c(-n2cc(-c3cccc(CN4CCCC4C)c3)cn2)n1. The van der Waals surface area contributed by atoms with E-state index >= 15 is 0 Å². The molecule has 1 atom stereocenters. The van der Waals surface area contributed by atoms with Gasteiger partial charge >= 0.3 is 0 Å². The Bertz CT molecular complexity index is 914. The maximum Gasteiger partial charge on any atom is 0.175 e. The Labute approximate surface area is 154 Å². The smallest absolute Gasteiger partial charge is 0.175 e. The first-order valence-corrected chi connectivity index (χ1v) is 9.29. The number of benzene rings is 1. The number of hydrogen-bond acceptors (Lipinski definition) is 4. The van der Waals surface area contributed by atoms with Crippen LogP contribution in [0.4, 0.5) is 0 Å². The molecule has 1 saturated heterocycles. The van der Waals surface area contributed by atoms with Crippen LogP contribution in [-0.2, 0) is 6.54 Å². The van der Waals surface area contributed by atoms with Crippen LogP contribution < -0.4 is 0 Å². The summed E-state index contributed by atoms with van der Waals surface area (Å²) in [6.07, 6.45) is 8.34. The van der Waals surface area contributed by atoms with Crippen LogP contribution in [0.2, 0.25) is 0 Å². The van der Waals surface area contributed by atoms with Gasteiger partial charge in [-0.05, 0) is 57.4 Å². The fourth-order valence-electron chi connectivity index (χ4n) is 3.64. The predicted molar refractivity (Wildman–Crippen MR) is 103 cm³/mol. The normalized spacial score (nSPS) is 17.7. The highest BCUT2D eigenvalue weighted by molar-refractivity contribution is 5.63. The second kappa shape index (κ2) is 7.00. The summed E-state index contributed by atoms with van der Waals surface area (Å²) in [5.41, 5.74) is 5.42. The zero-order chi connectivity index (χ0) is 18.1. The summed E-state index contributed by atoms with van der Waals surface area (Å²) in [5.74, 6) is 0.790. The topological polar surface area (TPSA) is 46.8 Å². The summed E-state index contributed by atoms with van der Waals surface area (Å²) < 4.78 is 1.82. The van der Waals surface area contributed by atoms with Crippen molar-refractivity contribution in [2.45, 2.75) is 46.2 Å². The van der Waals surface area contributed by atoms with Crippen LogP contribution >= 0.6 is 0 Å². The fraction of sp³-hybridized carbons (Fsp3) is 0.381. The van der Waals surface area contributed by atoms with E-state index in [1.165, 1.54) is 30.5 Å². The third-order valence-electron chi connectivity index (χ3n) is 5.19. The molecule has 1 fully saturated rings. The van der Waals surface area contributed by atoms with Crippen molar-refractivity contribution >= 4 is 0 Å². The maximum absolute atomic E-state index is 4.58. The van der Waals surface area contributed by atoms with Gasteiger partial charge in [-0.3, -0.25) is 9.88 Å². The fourth-order valence-corrected chi connectivity index (χ4v) is 3.64. The lowest BCUT2D eigenvalue weighted by Crippen LogP contribution is -2.26. The third-order valence-corrected chi connectivity index (χ3v) is 5.19. The van der Waals surface area contributed by atoms with Crippen LogP contribution in [0.25, 0.3) is 16.9 Å². The highest BCUT2D eigenvalue weighted by Crippen LogP contribution is 2.24. The Kier molecular flexibility index (Phi) is 4.55. The molecule has 1 aliphatic heterocycles. The minimum Gasteiger partial charge on any atom is -0.296 e. The van der Waals surface area contributed by atoms with Crippen LogP contribution in [0.1, 0.15) is 36.7 Å². The minimum absolute atomic E-state index is 0.685. The van der Waals surface area contributed by atoms with E-state index in [4.69, 9.17) is 0 Å². The average molecular weight is 347 g/mol. The molecule has 134 valence electrons. The number of aryl methyl sites for hydroxylation is 2. The summed E-state index contributed by atoms with van der Waals surface area (Å²) in [7, 11) is 0. The van der Waals surface area contributed by atoms with Gasteiger partial charge in [0.2, 0.25) is 0 Å². The molecule has 0 spiro atoms. The molecule has 1 aromatic carbocycles. The number of hydrogen-bond donors (Lipinski definition) is 0. The largest absolute Gasteiger partial charge is 0.296 e. The van der Waals surface area contributed by atoms with Gasteiger partial charge in [-0.2, -0.15) is 5.10 Å². The Morgan fingerprint density at radius 2 is 2.04 bits per heavy atom. The van der Waals surface area contributed by atoms with E-state index in [2.05, 4.69) is 51.2 Å². The van der Waals surface area contributed by atoms with E-state index in [0.29, 0.717) is 6.04 Å². The van der Waals surface area contributed by atoms with E-state index in [1.54, 1.807) is 6.20 Å². The molecule has 0 amide bonds. The second-order valence-corrected chi connectivity index (χ2v) is 7.26. The van der Waals surface area contributed by atoms with Crippen molar-refractivity contribution in [1.29, 1.82) is 0 Å². The molecule has 5 heteroatoms. The van der Waals surface area contributed by atoms with Crippen molar-refractivity contribution in [3.63, 3.8) is 0 Å². The Morgan fingerprint density at radius 1 is 1.15 bits per heavy atom. The molecular weight excluding hydrogens is 322 g/mol. The van der Waals surface area contributed by atoms with Gasteiger partial charge in [-0.15, -0.1) is 0 Å². The molecule has 0 saturated carbocycles. The van der Waals surface area contributed by atoms with Crippen LogP contribution in [0.15, 0.2) is 42.9 Å². The molecule has 0 bridgehead atoms. The number of nitrogens with zero attached hydrogens (tertiary/aromatic N) is 5. The lowest BCUT2D eigenvalue weighted by molar-refractivity contribution is 0.260. The molecule has 2 aromatic heterocycles. The minimum atomic E-state index is 0.685. The summed E-state index contributed by atoms with van der Waals surface area (Å²) in [6, 6.07) is 9.47. The van der Waals surface area contributed by atoms with Gasteiger partial charge in [-0.1, -0.05) is 18.2 Å². The highest BCUT2D eigenvalue weighted by atomic mass is 15.3. The lowest BCUT2D eigenvalue weighted by Gasteiger charge is -2.21. The summed E-state index contributed by atoms with van der Waals surface area (Å²) in [4.78, 5) is 11.5. The van der Waals surface area contributed by atoms with Crippen molar-refractivity contribution in [3.8, 4) is 16.9 Å². The van der Waals surface area contributed by atoms with E-state index in [-0.39, 0.29) is 0 Å². The molecule has 3 heterocycles. The van der Waals surface area contributed by atoms with Crippen LogP contribution in [0, 0.1) is 13.8 Å². The lowest BCUT2D eigenvalue weighted by atomic mass is 10.1. The van der Waals surface area contributed by atoms with Crippen molar-refractivity contribution in [2.24, 2.45) is 0 Å². The molecule has 26 heavy (non-hydrogen) atoms. The van der Waals surface area contributed by atoms with Crippen LogP contribution in [0.5, 0.6) is 0 Å². The molecule has 1 unspecified atom stereocenters. The molecular formula is C21H25N5. The molecule has 0 aliphatic carbocycles. The standard InChI is InChI=1S/C21H25N5/c1-15-11-22-17(3)21(24-15)26-14-20(12-23-26)19-8-4-7-18(10-19)13-25-9-5-6-16(25)2/h4,7-8,10-12,14,16H,5-6,9,13H2,1-3H3. The first-order chi connectivity index (χ1) is 12.6. The Hall–Kier alpha value is -2.53. The van der Waals surface area contributed by atoms with E-state index in [0.717, 1.165) is 29.3 Å². The second-order valence-electron chi connectivity index (χ2n) is 7.26. The zero-order valence-corrected chi connectivity index (χ0v) is 15.7. The van der Waals surface area contributed by atoms with Crippen molar-refractivity contribution in [3.05, 3.63) is 59.8 Å². The Morgan fingerprint density at radius 3 is 2.85 bits per heavy atom. The van der Waals surface area contributed by atoms with Gasteiger partial charge in [-0.25, -0.2) is 9.67 Å². The highest BCUT2D eigenvalue weighted by Gasteiger charge is 2.20. The van der Waals surface area contributed by atoms with Crippen molar-refractivity contribution in [2.75, 3.05) is 6.54 Å². The first kappa shape index (κ1) is 16.9. The summed E-state index contributed by atoms with van der Waals surface area (Å²) in [5, 5.41) is 4.51. The third kappa shape index (κ3) is 3.40. The van der Waals surface area contributed by atoms with Gasteiger partial charge in [0, 0.05) is 30.5 Å². The average Bonchev–Trinajstić information content (AvgIpc) is 3.27. The van der Waals surface area contributed by atoms with Gasteiger partial charge in [0.25, 0.3) is 0 Å². The van der Waals surface area contributed by atoms with E-state index in [9.17, 15) is 0 Å². The van der Waals surface area contributed by atoms with Crippen LogP contribution in [0.3, 0.4) is 0 Å².